The summed E-state index contributed by atoms with van der Waals surface area (Å²) in [6, 6.07) is 8.26. The summed E-state index contributed by atoms with van der Waals surface area (Å²) in [6.07, 6.45) is 0.839. The van der Waals surface area contributed by atoms with E-state index in [1.807, 2.05) is 26.0 Å². The molecule has 1 unspecified atom stereocenters. The molecule has 202 valence electrons. The van der Waals surface area contributed by atoms with E-state index in [-0.39, 0.29) is 23.8 Å². The van der Waals surface area contributed by atoms with Gasteiger partial charge in [-0.3, -0.25) is 9.59 Å². The molecule has 0 spiro atoms. The minimum Gasteiger partial charge on any atom is -0.508 e. The first kappa shape index (κ1) is 29.5. The van der Waals surface area contributed by atoms with E-state index in [1.54, 1.807) is 52.0 Å². The molecule has 37 heavy (non-hydrogen) atoms. The molecule has 2 atom stereocenters. The summed E-state index contributed by atoms with van der Waals surface area (Å²) in [5.74, 6) is -0.538. The molecule has 2 rings (SSSR count). The largest absolute Gasteiger partial charge is 0.508 e. The number of rotatable bonds is 10. The highest BCUT2D eigenvalue weighted by molar-refractivity contribution is 5.91. The van der Waals surface area contributed by atoms with Crippen LogP contribution in [-0.2, 0) is 27.2 Å². The van der Waals surface area contributed by atoms with Crippen molar-refractivity contribution in [2.75, 3.05) is 6.54 Å². The summed E-state index contributed by atoms with van der Waals surface area (Å²) in [6.45, 7) is 10.8. The molecule has 0 radical (unpaired) electrons. The van der Waals surface area contributed by atoms with Gasteiger partial charge in [-0.05, 0) is 101 Å². The molecule has 0 aliphatic heterocycles. The molecule has 0 aliphatic rings. The van der Waals surface area contributed by atoms with Gasteiger partial charge in [-0.2, -0.15) is 0 Å². The molecule has 0 saturated carbocycles. The van der Waals surface area contributed by atoms with Gasteiger partial charge in [-0.25, -0.2) is 4.79 Å². The average Bonchev–Trinajstić information content (AvgIpc) is 2.77. The van der Waals surface area contributed by atoms with Crippen LogP contribution in [0.25, 0.3) is 0 Å². The van der Waals surface area contributed by atoms with E-state index >= 15 is 0 Å². The van der Waals surface area contributed by atoms with E-state index in [4.69, 9.17) is 4.74 Å². The van der Waals surface area contributed by atoms with E-state index in [2.05, 4.69) is 16.0 Å². The second-order valence-corrected chi connectivity index (χ2v) is 10.3. The lowest BCUT2D eigenvalue weighted by molar-refractivity contribution is -0.129. The Morgan fingerprint density at radius 1 is 0.919 bits per heavy atom. The summed E-state index contributed by atoms with van der Waals surface area (Å²) in [5.41, 5.74) is 2.66. The molecular weight excluding hydrogens is 474 g/mol. The summed E-state index contributed by atoms with van der Waals surface area (Å²) < 4.78 is 5.33. The molecule has 0 aliphatic carbocycles. The first-order valence-corrected chi connectivity index (χ1v) is 12.4. The van der Waals surface area contributed by atoms with E-state index in [1.165, 1.54) is 0 Å². The van der Waals surface area contributed by atoms with Crippen LogP contribution in [0, 0.1) is 13.8 Å². The standard InChI is InChI=1S/C28H39N3O6/c1-17-14-22(33)15-18(2)23(17)16-24(31-27(36)37-28(4,5)6)26(35)30-19(3)25(34)29-13-7-8-20-9-11-21(32)12-10-20/h9-12,14-15,19,24,32-33H,7-8,13,16H2,1-6H3,(H,29,34)(H,30,35)(H,31,36)/t19-,24?/m1/s1. The number of phenolic OH excluding ortho intramolecular Hbond substituents is 2. The highest BCUT2D eigenvalue weighted by Gasteiger charge is 2.28. The van der Waals surface area contributed by atoms with E-state index in [0.29, 0.717) is 13.0 Å². The van der Waals surface area contributed by atoms with Crippen molar-refractivity contribution in [1.82, 2.24) is 16.0 Å². The van der Waals surface area contributed by atoms with Crippen LogP contribution < -0.4 is 16.0 Å². The lowest BCUT2D eigenvalue weighted by Gasteiger charge is -2.25. The van der Waals surface area contributed by atoms with Gasteiger partial charge in [0.25, 0.3) is 0 Å². The number of ether oxygens (including phenoxy) is 1. The third-order valence-electron chi connectivity index (χ3n) is 5.73. The van der Waals surface area contributed by atoms with Crippen LogP contribution in [0.4, 0.5) is 4.79 Å². The summed E-state index contributed by atoms with van der Waals surface area (Å²) in [7, 11) is 0. The number of carbonyl (C=O) groups is 3. The zero-order valence-electron chi connectivity index (χ0n) is 22.5. The maximum Gasteiger partial charge on any atom is 0.408 e. The highest BCUT2D eigenvalue weighted by atomic mass is 16.6. The topological polar surface area (TPSA) is 137 Å². The third-order valence-corrected chi connectivity index (χ3v) is 5.73. The van der Waals surface area contributed by atoms with E-state index < -0.39 is 29.7 Å². The van der Waals surface area contributed by atoms with Crippen LogP contribution in [0.2, 0.25) is 0 Å². The average molecular weight is 514 g/mol. The number of carbonyl (C=O) groups excluding carboxylic acids is 3. The van der Waals surface area contributed by atoms with Crippen LogP contribution in [0.15, 0.2) is 36.4 Å². The number of benzene rings is 2. The number of hydrogen-bond acceptors (Lipinski definition) is 6. The molecule has 2 aromatic carbocycles. The van der Waals surface area contributed by atoms with Crippen LogP contribution in [0.3, 0.4) is 0 Å². The fraction of sp³-hybridized carbons (Fsp3) is 0.464. The fourth-order valence-corrected chi connectivity index (χ4v) is 3.86. The van der Waals surface area contributed by atoms with E-state index in [0.717, 1.165) is 28.7 Å². The summed E-state index contributed by atoms with van der Waals surface area (Å²) >= 11 is 0. The number of aromatic hydroxyl groups is 2. The van der Waals surface area contributed by atoms with Gasteiger partial charge >= 0.3 is 6.09 Å². The van der Waals surface area contributed by atoms with Gasteiger partial charge < -0.3 is 30.9 Å². The van der Waals surface area contributed by atoms with Gasteiger partial charge in [0.15, 0.2) is 0 Å². The molecular formula is C28H39N3O6. The second-order valence-electron chi connectivity index (χ2n) is 10.3. The number of nitrogens with one attached hydrogen (secondary N) is 3. The Hall–Kier alpha value is -3.75. The van der Waals surface area contributed by atoms with Gasteiger partial charge in [0.1, 0.15) is 29.2 Å². The Labute approximate surface area is 218 Å². The highest BCUT2D eigenvalue weighted by Crippen LogP contribution is 2.22. The number of hydrogen-bond donors (Lipinski definition) is 5. The van der Waals surface area contributed by atoms with Crippen molar-refractivity contribution in [3.63, 3.8) is 0 Å². The zero-order chi connectivity index (χ0) is 27.8. The predicted molar refractivity (Wildman–Crippen MR) is 141 cm³/mol. The quantitative estimate of drug-likeness (QED) is 0.309. The summed E-state index contributed by atoms with van der Waals surface area (Å²) in [5, 5.41) is 27.3. The smallest absolute Gasteiger partial charge is 0.408 e. The molecule has 0 fully saturated rings. The van der Waals surface area contributed by atoms with Gasteiger partial charge in [0.05, 0.1) is 0 Å². The minimum absolute atomic E-state index is 0.121. The van der Waals surface area contributed by atoms with Crippen LogP contribution in [0.5, 0.6) is 11.5 Å². The van der Waals surface area contributed by atoms with Crippen molar-refractivity contribution in [3.8, 4) is 11.5 Å². The lowest BCUT2D eigenvalue weighted by Crippen LogP contribution is -2.54. The SMILES string of the molecule is Cc1cc(O)cc(C)c1CC(NC(=O)OC(C)(C)C)C(=O)N[C@H](C)C(=O)NCCCc1ccc(O)cc1. The van der Waals surface area contributed by atoms with Crippen LogP contribution in [0.1, 0.15) is 56.4 Å². The minimum atomic E-state index is -0.999. The first-order valence-electron chi connectivity index (χ1n) is 12.4. The maximum absolute atomic E-state index is 13.2. The number of amides is 3. The van der Waals surface area contributed by atoms with Crippen molar-refractivity contribution in [2.45, 2.75) is 78.5 Å². The molecule has 0 bridgehead atoms. The molecule has 9 nitrogen and oxygen atoms in total. The molecule has 2 aromatic rings. The number of alkyl carbamates (subject to hydrolysis) is 1. The monoisotopic (exact) mass is 513 g/mol. The Bertz CT molecular complexity index is 1070. The summed E-state index contributed by atoms with van der Waals surface area (Å²) in [4.78, 5) is 38.2. The van der Waals surface area contributed by atoms with Crippen LogP contribution in [-0.4, -0.2) is 52.4 Å². The zero-order valence-corrected chi connectivity index (χ0v) is 22.5. The Kier molecular flexibility index (Phi) is 10.3. The fourth-order valence-electron chi connectivity index (χ4n) is 3.86. The van der Waals surface area contributed by atoms with Crippen molar-refractivity contribution in [1.29, 1.82) is 0 Å². The predicted octanol–water partition coefficient (Wildman–Crippen LogP) is 3.40. The van der Waals surface area contributed by atoms with E-state index in [9.17, 15) is 24.6 Å². The molecule has 5 N–H and O–H groups in total. The maximum atomic E-state index is 13.2. The molecule has 0 heterocycles. The first-order chi connectivity index (χ1) is 17.2. The Balaban J connectivity index is 2.01. The van der Waals surface area contributed by atoms with Gasteiger partial charge in [0, 0.05) is 13.0 Å². The Morgan fingerprint density at radius 3 is 2.08 bits per heavy atom. The third kappa shape index (κ3) is 10.0. The lowest BCUT2D eigenvalue weighted by atomic mass is 9.95. The van der Waals surface area contributed by atoms with Crippen molar-refractivity contribution >= 4 is 17.9 Å². The van der Waals surface area contributed by atoms with Gasteiger partial charge in [-0.1, -0.05) is 12.1 Å². The molecule has 9 heteroatoms. The second kappa shape index (κ2) is 13.0. The van der Waals surface area contributed by atoms with Gasteiger partial charge in [0.2, 0.25) is 11.8 Å². The van der Waals surface area contributed by atoms with Crippen molar-refractivity contribution < 1.29 is 29.3 Å². The molecule has 0 aromatic heterocycles. The molecule has 0 saturated heterocycles. The number of aryl methyl sites for hydroxylation is 3. The Morgan fingerprint density at radius 2 is 1.51 bits per heavy atom. The number of phenols is 2. The molecule has 3 amide bonds. The van der Waals surface area contributed by atoms with Crippen LogP contribution >= 0.6 is 0 Å². The normalized spacial score (nSPS) is 12.8. The van der Waals surface area contributed by atoms with Crippen molar-refractivity contribution in [2.24, 2.45) is 0 Å². The van der Waals surface area contributed by atoms with Gasteiger partial charge in [-0.15, -0.1) is 0 Å². The van der Waals surface area contributed by atoms with Crippen molar-refractivity contribution in [3.05, 3.63) is 58.7 Å².